The van der Waals surface area contributed by atoms with Gasteiger partial charge in [-0.05, 0) is 35.9 Å². The first kappa shape index (κ1) is 12.5. The Kier molecular flexibility index (Phi) is 3.42. The maximum atomic E-state index is 13.4. The van der Waals surface area contributed by atoms with Gasteiger partial charge < -0.3 is 10.2 Å². The van der Waals surface area contributed by atoms with E-state index in [4.69, 9.17) is 0 Å². The molecule has 19 heavy (non-hydrogen) atoms. The Morgan fingerprint density at radius 3 is 2.89 bits per heavy atom. The van der Waals surface area contributed by atoms with Crippen LogP contribution in [0.25, 0.3) is 0 Å². The number of hydrogen-bond donors (Lipinski definition) is 1. The molecular formula is C15H14BrFN2. The standard InChI is InChI=1S/C15H14BrFN2/c16-12-7-11(8-13(17)9-12)10-19-6-5-18-14-3-1-2-4-15(14)19/h1-4,7-9,18H,5-6,10H2. The summed E-state index contributed by atoms with van der Waals surface area (Å²) in [6, 6.07) is 13.3. The van der Waals surface area contributed by atoms with Gasteiger partial charge in [0.15, 0.2) is 0 Å². The molecule has 2 aromatic carbocycles. The van der Waals surface area contributed by atoms with E-state index in [9.17, 15) is 4.39 Å². The third-order valence-corrected chi connectivity index (χ3v) is 3.70. The fourth-order valence-corrected chi connectivity index (χ4v) is 2.94. The van der Waals surface area contributed by atoms with Crippen molar-refractivity contribution in [3.63, 3.8) is 0 Å². The number of hydrogen-bond acceptors (Lipinski definition) is 2. The van der Waals surface area contributed by atoms with Gasteiger partial charge >= 0.3 is 0 Å². The molecule has 2 aromatic rings. The Bertz CT molecular complexity index is 580. The van der Waals surface area contributed by atoms with E-state index in [2.05, 4.69) is 38.3 Å². The molecule has 3 rings (SSSR count). The number of nitrogens with zero attached hydrogens (tertiary/aromatic N) is 1. The highest BCUT2D eigenvalue weighted by molar-refractivity contribution is 9.10. The van der Waals surface area contributed by atoms with Crippen LogP contribution < -0.4 is 10.2 Å². The lowest BCUT2D eigenvalue weighted by atomic mass is 10.1. The number of halogens is 2. The molecule has 4 heteroatoms. The summed E-state index contributed by atoms with van der Waals surface area (Å²) in [5.74, 6) is -0.201. The van der Waals surface area contributed by atoms with Crippen molar-refractivity contribution in [1.29, 1.82) is 0 Å². The third kappa shape index (κ3) is 2.73. The molecule has 0 atom stereocenters. The minimum atomic E-state index is -0.201. The summed E-state index contributed by atoms with van der Waals surface area (Å²) < 4.78 is 14.2. The lowest BCUT2D eigenvalue weighted by Gasteiger charge is -2.32. The largest absolute Gasteiger partial charge is 0.382 e. The van der Waals surface area contributed by atoms with Crippen molar-refractivity contribution >= 4 is 27.3 Å². The van der Waals surface area contributed by atoms with Crippen LogP contribution in [0.4, 0.5) is 15.8 Å². The second-order valence-electron chi connectivity index (χ2n) is 4.64. The summed E-state index contributed by atoms with van der Waals surface area (Å²) >= 11 is 3.34. The van der Waals surface area contributed by atoms with Crippen molar-refractivity contribution in [1.82, 2.24) is 0 Å². The molecule has 0 bridgehead atoms. The topological polar surface area (TPSA) is 15.3 Å². The van der Waals surface area contributed by atoms with Crippen LogP contribution in [0.2, 0.25) is 0 Å². The van der Waals surface area contributed by atoms with E-state index >= 15 is 0 Å². The Morgan fingerprint density at radius 2 is 2.05 bits per heavy atom. The first-order valence-corrected chi connectivity index (χ1v) is 7.04. The lowest BCUT2D eigenvalue weighted by molar-refractivity contribution is 0.623. The number of benzene rings is 2. The Balaban J connectivity index is 1.88. The van der Waals surface area contributed by atoms with Gasteiger partial charge in [-0.2, -0.15) is 0 Å². The average molecular weight is 321 g/mol. The summed E-state index contributed by atoms with van der Waals surface area (Å²) in [4.78, 5) is 2.27. The normalized spacial score (nSPS) is 13.9. The number of rotatable bonds is 2. The van der Waals surface area contributed by atoms with Gasteiger partial charge in [-0.1, -0.05) is 28.1 Å². The molecule has 98 valence electrons. The van der Waals surface area contributed by atoms with Crippen LogP contribution in [-0.2, 0) is 6.54 Å². The minimum absolute atomic E-state index is 0.201. The van der Waals surface area contributed by atoms with Crippen LogP contribution in [-0.4, -0.2) is 13.1 Å². The summed E-state index contributed by atoms with van der Waals surface area (Å²) in [6.45, 7) is 2.55. The van der Waals surface area contributed by atoms with Gasteiger partial charge in [0.2, 0.25) is 0 Å². The van der Waals surface area contributed by atoms with E-state index in [1.165, 1.54) is 11.8 Å². The Morgan fingerprint density at radius 1 is 1.21 bits per heavy atom. The highest BCUT2D eigenvalue weighted by Gasteiger charge is 2.16. The van der Waals surface area contributed by atoms with Crippen LogP contribution in [0.1, 0.15) is 5.56 Å². The van der Waals surface area contributed by atoms with E-state index in [0.717, 1.165) is 35.4 Å². The van der Waals surface area contributed by atoms with Crippen molar-refractivity contribution in [2.75, 3.05) is 23.3 Å². The van der Waals surface area contributed by atoms with Crippen molar-refractivity contribution in [3.05, 3.63) is 58.3 Å². The van der Waals surface area contributed by atoms with Crippen molar-refractivity contribution < 1.29 is 4.39 Å². The molecule has 0 spiro atoms. The van der Waals surface area contributed by atoms with Gasteiger partial charge in [0, 0.05) is 24.1 Å². The predicted octanol–water partition coefficient (Wildman–Crippen LogP) is 4.02. The van der Waals surface area contributed by atoms with E-state index in [0.29, 0.717) is 0 Å². The molecule has 0 aliphatic carbocycles. The third-order valence-electron chi connectivity index (χ3n) is 3.24. The van der Waals surface area contributed by atoms with Gasteiger partial charge in [0.1, 0.15) is 5.82 Å². The first-order chi connectivity index (χ1) is 9.22. The molecule has 0 unspecified atom stereocenters. The van der Waals surface area contributed by atoms with Crippen molar-refractivity contribution in [2.24, 2.45) is 0 Å². The zero-order valence-corrected chi connectivity index (χ0v) is 12.0. The highest BCUT2D eigenvalue weighted by Crippen LogP contribution is 2.30. The molecule has 0 saturated heterocycles. The van der Waals surface area contributed by atoms with Crippen LogP contribution in [0.5, 0.6) is 0 Å². The van der Waals surface area contributed by atoms with E-state index < -0.39 is 0 Å². The molecule has 1 aliphatic rings. The molecule has 1 N–H and O–H groups in total. The fourth-order valence-electron chi connectivity index (χ4n) is 2.43. The lowest BCUT2D eigenvalue weighted by Crippen LogP contribution is -2.33. The number of fused-ring (bicyclic) bond motifs is 1. The molecule has 1 heterocycles. The average Bonchev–Trinajstić information content (AvgIpc) is 2.38. The number of anilines is 2. The van der Waals surface area contributed by atoms with E-state index in [-0.39, 0.29) is 5.82 Å². The zero-order valence-electron chi connectivity index (χ0n) is 10.4. The van der Waals surface area contributed by atoms with Crippen LogP contribution in [0.3, 0.4) is 0 Å². The van der Waals surface area contributed by atoms with Crippen molar-refractivity contribution in [3.8, 4) is 0 Å². The molecule has 1 aliphatic heterocycles. The molecule has 0 aromatic heterocycles. The number of nitrogens with one attached hydrogen (secondary N) is 1. The Hall–Kier alpha value is -1.55. The summed E-state index contributed by atoms with van der Waals surface area (Å²) in [5.41, 5.74) is 3.29. The van der Waals surface area contributed by atoms with Gasteiger partial charge in [-0.15, -0.1) is 0 Å². The molecule has 0 radical (unpaired) electrons. The molecular weight excluding hydrogens is 307 g/mol. The quantitative estimate of drug-likeness (QED) is 0.899. The molecule has 0 saturated carbocycles. The summed E-state index contributed by atoms with van der Waals surface area (Å²) in [7, 11) is 0. The Labute approximate surface area is 120 Å². The fraction of sp³-hybridized carbons (Fsp3) is 0.200. The van der Waals surface area contributed by atoms with Gasteiger partial charge in [0.05, 0.1) is 11.4 Å². The molecule has 2 nitrogen and oxygen atoms in total. The van der Waals surface area contributed by atoms with Crippen LogP contribution in [0, 0.1) is 5.82 Å². The maximum Gasteiger partial charge on any atom is 0.124 e. The highest BCUT2D eigenvalue weighted by atomic mass is 79.9. The minimum Gasteiger partial charge on any atom is -0.382 e. The van der Waals surface area contributed by atoms with Gasteiger partial charge in [0.25, 0.3) is 0 Å². The van der Waals surface area contributed by atoms with Gasteiger partial charge in [-0.3, -0.25) is 0 Å². The van der Waals surface area contributed by atoms with Crippen LogP contribution in [0.15, 0.2) is 46.9 Å². The monoisotopic (exact) mass is 320 g/mol. The first-order valence-electron chi connectivity index (χ1n) is 6.25. The van der Waals surface area contributed by atoms with Crippen LogP contribution >= 0.6 is 15.9 Å². The van der Waals surface area contributed by atoms with Gasteiger partial charge in [-0.25, -0.2) is 4.39 Å². The predicted molar refractivity (Wildman–Crippen MR) is 80.1 cm³/mol. The number of para-hydroxylation sites is 2. The SMILES string of the molecule is Fc1cc(Br)cc(CN2CCNc3ccccc32)c1. The second kappa shape index (κ2) is 5.21. The van der Waals surface area contributed by atoms with E-state index in [1.807, 2.05) is 18.2 Å². The zero-order chi connectivity index (χ0) is 13.2. The molecule has 0 amide bonds. The molecule has 0 fully saturated rings. The smallest absolute Gasteiger partial charge is 0.124 e. The van der Waals surface area contributed by atoms with Crippen molar-refractivity contribution in [2.45, 2.75) is 6.54 Å². The summed E-state index contributed by atoms with van der Waals surface area (Å²) in [5, 5.41) is 3.38. The second-order valence-corrected chi connectivity index (χ2v) is 5.56. The van der Waals surface area contributed by atoms with E-state index in [1.54, 1.807) is 6.07 Å². The summed E-state index contributed by atoms with van der Waals surface area (Å²) in [6.07, 6.45) is 0. The maximum absolute atomic E-state index is 13.4.